The van der Waals surface area contributed by atoms with Gasteiger partial charge in [-0.05, 0) is 31.4 Å². The van der Waals surface area contributed by atoms with Crippen LogP contribution >= 0.6 is 0 Å². The number of carbonyl (C=O) groups is 2. The summed E-state index contributed by atoms with van der Waals surface area (Å²) in [5.74, 6) is -0.141. The van der Waals surface area contributed by atoms with Crippen molar-refractivity contribution < 1.29 is 14.3 Å². The second kappa shape index (κ2) is 6.75. The molecule has 0 unspecified atom stereocenters. The zero-order chi connectivity index (χ0) is 14.4. The Morgan fingerprint density at radius 3 is 2.70 bits per heavy atom. The Kier molecular flexibility index (Phi) is 4.76. The van der Waals surface area contributed by atoms with Gasteiger partial charge in [-0.2, -0.15) is 0 Å². The highest BCUT2D eigenvalue weighted by atomic mass is 16.5. The van der Waals surface area contributed by atoms with Crippen molar-refractivity contribution in [3.8, 4) is 5.75 Å². The third-order valence-corrected chi connectivity index (χ3v) is 3.29. The summed E-state index contributed by atoms with van der Waals surface area (Å²) in [6.07, 6.45) is 6.49. The van der Waals surface area contributed by atoms with E-state index in [1.54, 1.807) is 24.3 Å². The third kappa shape index (κ3) is 3.38. The fourth-order valence-electron chi connectivity index (χ4n) is 2.15. The summed E-state index contributed by atoms with van der Waals surface area (Å²) in [5, 5.41) is 0. The van der Waals surface area contributed by atoms with E-state index in [2.05, 4.69) is 16.9 Å². The van der Waals surface area contributed by atoms with E-state index >= 15 is 0 Å². The number of benzene rings is 1. The van der Waals surface area contributed by atoms with Gasteiger partial charge >= 0.3 is 0 Å². The van der Waals surface area contributed by atoms with Crippen LogP contribution in [-0.4, -0.2) is 18.9 Å². The van der Waals surface area contributed by atoms with E-state index in [4.69, 9.17) is 4.74 Å². The standard InChI is InChI=1S/C15H18N2O3/c1-20-13-10-6-5-9-12(13)15(19)17-16-14(18)11-7-3-2-4-8-11/h2-3,5-6,9-11H,4,7-8H2,1H3,(H,16,18)(H,17,19)/t11-/m1/s1. The van der Waals surface area contributed by atoms with E-state index in [1.165, 1.54) is 7.11 Å². The highest BCUT2D eigenvalue weighted by Crippen LogP contribution is 2.18. The summed E-state index contributed by atoms with van der Waals surface area (Å²) in [5.41, 5.74) is 5.29. The molecule has 2 rings (SSSR count). The molecule has 0 saturated carbocycles. The van der Waals surface area contributed by atoms with Crippen LogP contribution in [0.4, 0.5) is 0 Å². The maximum absolute atomic E-state index is 12.0. The monoisotopic (exact) mass is 274 g/mol. The lowest BCUT2D eigenvalue weighted by molar-refractivity contribution is -0.126. The summed E-state index contributed by atoms with van der Waals surface area (Å²) in [7, 11) is 1.50. The first kappa shape index (κ1) is 14.1. The molecular formula is C15H18N2O3. The average molecular weight is 274 g/mol. The van der Waals surface area contributed by atoms with E-state index in [0.717, 1.165) is 19.3 Å². The average Bonchev–Trinajstić information content (AvgIpc) is 2.53. The summed E-state index contributed by atoms with van der Waals surface area (Å²) in [6, 6.07) is 6.86. The van der Waals surface area contributed by atoms with Gasteiger partial charge in [-0.25, -0.2) is 0 Å². The van der Waals surface area contributed by atoms with Crippen molar-refractivity contribution in [1.82, 2.24) is 10.9 Å². The first-order valence-electron chi connectivity index (χ1n) is 6.60. The summed E-state index contributed by atoms with van der Waals surface area (Å²) in [6.45, 7) is 0. The van der Waals surface area contributed by atoms with Crippen molar-refractivity contribution in [3.63, 3.8) is 0 Å². The number of methoxy groups -OCH3 is 1. The first-order chi connectivity index (χ1) is 9.72. The molecule has 0 heterocycles. The smallest absolute Gasteiger partial charge is 0.273 e. The number of carbonyl (C=O) groups excluding carboxylic acids is 2. The molecule has 2 amide bonds. The van der Waals surface area contributed by atoms with Gasteiger partial charge in [0.25, 0.3) is 5.91 Å². The van der Waals surface area contributed by atoms with E-state index in [9.17, 15) is 9.59 Å². The van der Waals surface area contributed by atoms with Crippen LogP contribution in [0.1, 0.15) is 29.6 Å². The quantitative estimate of drug-likeness (QED) is 0.652. The fourth-order valence-corrected chi connectivity index (χ4v) is 2.15. The van der Waals surface area contributed by atoms with Gasteiger partial charge < -0.3 is 4.74 Å². The van der Waals surface area contributed by atoms with Crippen LogP contribution in [0.5, 0.6) is 5.75 Å². The van der Waals surface area contributed by atoms with Crippen LogP contribution in [0, 0.1) is 5.92 Å². The number of hydrogen-bond donors (Lipinski definition) is 2. The van der Waals surface area contributed by atoms with Crippen molar-refractivity contribution in [1.29, 1.82) is 0 Å². The molecule has 1 aromatic rings. The van der Waals surface area contributed by atoms with Crippen LogP contribution < -0.4 is 15.6 Å². The Bertz CT molecular complexity index is 526. The molecule has 0 aliphatic heterocycles. The number of amides is 2. The van der Waals surface area contributed by atoms with E-state index < -0.39 is 0 Å². The highest BCUT2D eigenvalue weighted by Gasteiger charge is 2.19. The minimum Gasteiger partial charge on any atom is -0.496 e. The Morgan fingerprint density at radius 1 is 1.20 bits per heavy atom. The maximum Gasteiger partial charge on any atom is 0.273 e. The number of para-hydroxylation sites is 1. The molecule has 0 spiro atoms. The van der Waals surface area contributed by atoms with Crippen LogP contribution in [0.3, 0.4) is 0 Å². The number of rotatable bonds is 3. The molecule has 1 aliphatic rings. The first-order valence-corrected chi connectivity index (χ1v) is 6.60. The molecule has 0 radical (unpaired) electrons. The second-order valence-electron chi connectivity index (χ2n) is 4.63. The van der Waals surface area contributed by atoms with Crippen LogP contribution in [0.2, 0.25) is 0 Å². The minimum absolute atomic E-state index is 0.0713. The molecule has 5 heteroatoms. The van der Waals surface area contributed by atoms with Crippen LogP contribution in [-0.2, 0) is 4.79 Å². The summed E-state index contributed by atoms with van der Waals surface area (Å²) >= 11 is 0. The fraction of sp³-hybridized carbons (Fsp3) is 0.333. The van der Waals surface area contributed by atoms with Crippen molar-refractivity contribution in [3.05, 3.63) is 42.0 Å². The lowest BCUT2D eigenvalue weighted by Gasteiger charge is -2.17. The maximum atomic E-state index is 12.0. The summed E-state index contributed by atoms with van der Waals surface area (Å²) < 4.78 is 5.11. The third-order valence-electron chi connectivity index (χ3n) is 3.29. The SMILES string of the molecule is COc1ccccc1C(=O)NNC(=O)[C@@H]1CC=CCC1. The molecule has 106 valence electrons. The van der Waals surface area contributed by atoms with Crippen LogP contribution in [0.25, 0.3) is 0 Å². The topological polar surface area (TPSA) is 67.4 Å². The Morgan fingerprint density at radius 2 is 2.00 bits per heavy atom. The van der Waals surface area contributed by atoms with Gasteiger partial charge in [-0.3, -0.25) is 20.4 Å². The van der Waals surface area contributed by atoms with E-state index in [1.807, 2.05) is 6.08 Å². The lowest BCUT2D eigenvalue weighted by atomic mass is 9.94. The van der Waals surface area contributed by atoms with Crippen LogP contribution in [0.15, 0.2) is 36.4 Å². The van der Waals surface area contributed by atoms with Gasteiger partial charge in [-0.15, -0.1) is 0 Å². The molecular weight excluding hydrogens is 256 g/mol. The predicted molar refractivity (Wildman–Crippen MR) is 75.1 cm³/mol. The van der Waals surface area contributed by atoms with E-state index in [-0.39, 0.29) is 17.7 Å². The van der Waals surface area contributed by atoms with Gasteiger partial charge in [0, 0.05) is 5.92 Å². The highest BCUT2D eigenvalue weighted by molar-refractivity contribution is 5.98. The molecule has 0 aromatic heterocycles. The molecule has 1 aromatic carbocycles. The van der Waals surface area contributed by atoms with Gasteiger partial charge in [0.2, 0.25) is 5.91 Å². The van der Waals surface area contributed by atoms with Crippen molar-refractivity contribution >= 4 is 11.8 Å². The lowest BCUT2D eigenvalue weighted by Crippen LogP contribution is -2.44. The number of allylic oxidation sites excluding steroid dienone is 2. The number of nitrogens with one attached hydrogen (secondary N) is 2. The van der Waals surface area contributed by atoms with Gasteiger partial charge in [0.05, 0.1) is 12.7 Å². The van der Waals surface area contributed by atoms with Crippen molar-refractivity contribution in [2.45, 2.75) is 19.3 Å². The van der Waals surface area contributed by atoms with Gasteiger partial charge in [0.15, 0.2) is 0 Å². The zero-order valence-corrected chi connectivity index (χ0v) is 11.4. The molecule has 0 bridgehead atoms. The number of hydrogen-bond acceptors (Lipinski definition) is 3. The number of hydrazine groups is 1. The van der Waals surface area contributed by atoms with Gasteiger partial charge in [-0.1, -0.05) is 24.3 Å². The molecule has 1 aliphatic carbocycles. The summed E-state index contributed by atoms with van der Waals surface area (Å²) in [4.78, 5) is 23.9. The molecule has 0 fully saturated rings. The van der Waals surface area contributed by atoms with E-state index in [0.29, 0.717) is 11.3 Å². The molecule has 5 nitrogen and oxygen atoms in total. The molecule has 20 heavy (non-hydrogen) atoms. The second-order valence-corrected chi connectivity index (χ2v) is 4.63. The Balaban J connectivity index is 1.91. The van der Waals surface area contributed by atoms with Gasteiger partial charge in [0.1, 0.15) is 5.75 Å². The zero-order valence-electron chi connectivity index (χ0n) is 11.4. The Labute approximate surface area is 118 Å². The number of ether oxygens (including phenoxy) is 1. The predicted octanol–water partition coefficient (Wildman–Crippen LogP) is 1.81. The normalized spacial score (nSPS) is 17.4. The molecule has 1 atom stereocenters. The van der Waals surface area contributed by atoms with Crippen molar-refractivity contribution in [2.75, 3.05) is 7.11 Å². The molecule has 0 saturated heterocycles. The van der Waals surface area contributed by atoms with Crippen molar-refractivity contribution in [2.24, 2.45) is 5.92 Å². The largest absolute Gasteiger partial charge is 0.496 e. The molecule has 2 N–H and O–H groups in total. The minimum atomic E-state index is -0.387. The Hall–Kier alpha value is -2.30.